The van der Waals surface area contributed by atoms with E-state index in [-0.39, 0.29) is 11.8 Å². The number of nitrogens with one attached hydrogen (secondary N) is 1. The van der Waals surface area contributed by atoms with E-state index in [1.165, 1.54) is 40.8 Å². The quantitative estimate of drug-likeness (QED) is 0.720. The molecule has 1 unspecified atom stereocenters. The molecule has 0 saturated carbocycles. The Kier molecular flexibility index (Phi) is 6.70. The first-order chi connectivity index (χ1) is 14.1. The summed E-state index contributed by atoms with van der Waals surface area (Å²) in [5.41, 5.74) is 0. The van der Waals surface area contributed by atoms with Crippen molar-refractivity contribution in [2.75, 3.05) is 37.6 Å². The highest BCUT2D eigenvalue weighted by molar-refractivity contribution is 7.19. The third-order valence-corrected chi connectivity index (χ3v) is 7.59. The average molecular weight is 415 g/mol. The Labute approximate surface area is 178 Å². The zero-order valence-electron chi connectivity index (χ0n) is 17.8. The lowest BCUT2D eigenvalue weighted by molar-refractivity contribution is -0.125. The van der Waals surface area contributed by atoms with Crippen LogP contribution in [0.25, 0.3) is 10.1 Å². The number of hydrogen-bond donors (Lipinski definition) is 1. The highest BCUT2D eigenvalue weighted by atomic mass is 32.1. The van der Waals surface area contributed by atoms with Gasteiger partial charge in [-0.1, -0.05) is 6.42 Å². The Morgan fingerprint density at radius 1 is 1.24 bits per heavy atom. The number of pyridine rings is 1. The first kappa shape index (κ1) is 20.6. The molecular weight excluding hydrogens is 380 g/mol. The molecule has 4 rings (SSSR count). The predicted molar refractivity (Wildman–Crippen MR) is 122 cm³/mol. The van der Waals surface area contributed by atoms with Gasteiger partial charge in [-0.15, -0.1) is 11.3 Å². The standard InChI is InChI=1S/C23H34N4OS/c1-17-6-3-4-12-26(17)13-5-10-25-23(28)19-8-14-27(15-9-19)22-20-16-18(2)29-21(20)7-11-24-22/h7,11,16-17,19H,3-6,8-10,12-15H2,1-2H3,(H,25,28). The summed E-state index contributed by atoms with van der Waals surface area (Å²) in [5, 5.41) is 4.45. The van der Waals surface area contributed by atoms with Gasteiger partial charge in [-0.25, -0.2) is 4.98 Å². The second-order valence-corrected chi connectivity index (χ2v) is 9.98. The number of likely N-dealkylation sites (tertiary alicyclic amines) is 1. The van der Waals surface area contributed by atoms with Crippen LogP contribution in [-0.4, -0.2) is 54.6 Å². The van der Waals surface area contributed by atoms with Gasteiger partial charge in [0.1, 0.15) is 5.82 Å². The summed E-state index contributed by atoms with van der Waals surface area (Å²) < 4.78 is 1.30. The van der Waals surface area contributed by atoms with E-state index in [1.807, 2.05) is 17.5 Å². The van der Waals surface area contributed by atoms with Crippen LogP contribution in [0.3, 0.4) is 0 Å². The number of carbonyl (C=O) groups is 1. The van der Waals surface area contributed by atoms with E-state index >= 15 is 0 Å². The lowest BCUT2D eigenvalue weighted by Crippen LogP contribution is -2.42. The zero-order valence-corrected chi connectivity index (χ0v) is 18.6. The molecule has 0 radical (unpaired) electrons. The molecule has 2 fully saturated rings. The van der Waals surface area contributed by atoms with Gasteiger partial charge in [0.2, 0.25) is 5.91 Å². The summed E-state index contributed by atoms with van der Waals surface area (Å²) in [6.45, 7) is 9.43. The number of aromatic nitrogens is 1. The van der Waals surface area contributed by atoms with Gasteiger partial charge in [-0.3, -0.25) is 4.79 Å². The highest BCUT2D eigenvalue weighted by Crippen LogP contribution is 2.33. The SMILES string of the molecule is Cc1cc2c(N3CCC(C(=O)NCCCN4CCCCC4C)CC3)nccc2s1. The predicted octanol–water partition coefficient (Wildman–Crippen LogP) is 4.20. The molecule has 2 saturated heterocycles. The molecule has 2 aliphatic rings. The minimum atomic E-state index is 0.142. The number of fused-ring (bicyclic) bond motifs is 1. The van der Waals surface area contributed by atoms with Crippen LogP contribution >= 0.6 is 11.3 Å². The van der Waals surface area contributed by atoms with Crippen LogP contribution in [0.5, 0.6) is 0 Å². The minimum absolute atomic E-state index is 0.142. The second-order valence-electron chi connectivity index (χ2n) is 8.69. The maximum atomic E-state index is 12.6. The van der Waals surface area contributed by atoms with Gasteiger partial charge < -0.3 is 15.1 Å². The van der Waals surface area contributed by atoms with E-state index in [0.717, 1.165) is 51.3 Å². The maximum Gasteiger partial charge on any atom is 0.223 e. The van der Waals surface area contributed by atoms with Crippen molar-refractivity contribution in [2.24, 2.45) is 5.92 Å². The van der Waals surface area contributed by atoms with Gasteiger partial charge in [-0.05, 0) is 64.6 Å². The Morgan fingerprint density at radius 3 is 2.86 bits per heavy atom. The van der Waals surface area contributed by atoms with E-state index in [0.29, 0.717) is 6.04 Å². The topological polar surface area (TPSA) is 48.5 Å². The first-order valence-corrected chi connectivity index (χ1v) is 12.1. The minimum Gasteiger partial charge on any atom is -0.356 e. The van der Waals surface area contributed by atoms with Crippen molar-refractivity contribution in [1.29, 1.82) is 0 Å². The summed E-state index contributed by atoms with van der Waals surface area (Å²) in [6.07, 6.45) is 8.80. The van der Waals surface area contributed by atoms with Gasteiger partial charge in [0.15, 0.2) is 0 Å². The summed E-state index contributed by atoms with van der Waals surface area (Å²) in [6, 6.07) is 5.04. The van der Waals surface area contributed by atoms with Gasteiger partial charge in [0, 0.05) is 59.3 Å². The number of rotatable bonds is 6. The largest absolute Gasteiger partial charge is 0.356 e. The molecule has 0 aliphatic carbocycles. The van der Waals surface area contributed by atoms with Crippen LogP contribution in [0.1, 0.15) is 50.3 Å². The van der Waals surface area contributed by atoms with Crippen LogP contribution < -0.4 is 10.2 Å². The van der Waals surface area contributed by atoms with Crippen molar-refractivity contribution in [3.05, 3.63) is 23.2 Å². The average Bonchev–Trinajstić information content (AvgIpc) is 3.12. The van der Waals surface area contributed by atoms with E-state index in [1.54, 1.807) is 0 Å². The fourth-order valence-corrected chi connectivity index (χ4v) is 5.72. The molecular formula is C23H34N4OS. The summed E-state index contributed by atoms with van der Waals surface area (Å²) in [5.74, 6) is 1.47. The van der Waals surface area contributed by atoms with Gasteiger partial charge >= 0.3 is 0 Å². The number of anilines is 1. The molecule has 0 aromatic carbocycles. The zero-order chi connectivity index (χ0) is 20.2. The third kappa shape index (κ3) is 4.92. The van der Waals surface area contributed by atoms with Crippen molar-refractivity contribution in [2.45, 2.75) is 58.4 Å². The van der Waals surface area contributed by atoms with Crippen LogP contribution in [0.2, 0.25) is 0 Å². The van der Waals surface area contributed by atoms with Crippen molar-refractivity contribution < 1.29 is 4.79 Å². The fourth-order valence-electron chi connectivity index (χ4n) is 4.81. The molecule has 5 nitrogen and oxygen atoms in total. The molecule has 1 N–H and O–H groups in total. The van der Waals surface area contributed by atoms with Gasteiger partial charge in [-0.2, -0.15) is 0 Å². The van der Waals surface area contributed by atoms with Crippen LogP contribution in [0.15, 0.2) is 18.3 Å². The molecule has 29 heavy (non-hydrogen) atoms. The molecule has 2 aliphatic heterocycles. The van der Waals surface area contributed by atoms with E-state index in [9.17, 15) is 4.79 Å². The van der Waals surface area contributed by atoms with Crippen LogP contribution in [-0.2, 0) is 4.79 Å². The molecule has 2 aromatic rings. The first-order valence-electron chi connectivity index (χ1n) is 11.2. The molecule has 4 heterocycles. The van der Waals surface area contributed by atoms with E-state index in [4.69, 9.17) is 0 Å². The molecule has 0 spiro atoms. The Bertz CT molecular complexity index is 827. The molecule has 1 atom stereocenters. The number of nitrogens with zero attached hydrogens (tertiary/aromatic N) is 3. The van der Waals surface area contributed by atoms with Gasteiger partial charge in [0.25, 0.3) is 0 Å². The van der Waals surface area contributed by atoms with E-state index in [2.05, 4.69) is 46.1 Å². The Balaban J connectivity index is 1.22. The molecule has 158 valence electrons. The number of piperidine rings is 2. The van der Waals surface area contributed by atoms with Crippen molar-refractivity contribution in [3.63, 3.8) is 0 Å². The number of aryl methyl sites for hydroxylation is 1. The van der Waals surface area contributed by atoms with Crippen LogP contribution in [0.4, 0.5) is 5.82 Å². The molecule has 1 amide bonds. The third-order valence-electron chi connectivity index (χ3n) is 6.57. The van der Waals surface area contributed by atoms with Crippen molar-refractivity contribution in [3.8, 4) is 0 Å². The number of thiophene rings is 1. The molecule has 0 bridgehead atoms. The summed E-state index contributed by atoms with van der Waals surface area (Å²) >= 11 is 1.82. The van der Waals surface area contributed by atoms with Crippen molar-refractivity contribution >= 4 is 33.1 Å². The molecule has 2 aromatic heterocycles. The van der Waals surface area contributed by atoms with Crippen molar-refractivity contribution in [1.82, 2.24) is 15.2 Å². The van der Waals surface area contributed by atoms with Crippen LogP contribution in [0, 0.1) is 12.8 Å². The highest BCUT2D eigenvalue weighted by Gasteiger charge is 2.26. The monoisotopic (exact) mass is 414 g/mol. The smallest absolute Gasteiger partial charge is 0.223 e. The van der Waals surface area contributed by atoms with E-state index < -0.39 is 0 Å². The number of amides is 1. The Hall–Kier alpha value is -1.66. The summed E-state index contributed by atoms with van der Waals surface area (Å²) in [4.78, 5) is 23.5. The fraction of sp³-hybridized carbons (Fsp3) is 0.652. The number of carbonyl (C=O) groups excluding carboxylic acids is 1. The lowest BCUT2D eigenvalue weighted by atomic mass is 9.95. The Morgan fingerprint density at radius 2 is 2.07 bits per heavy atom. The normalized spacial score (nSPS) is 21.6. The second kappa shape index (κ2) is 9.43. The molecule has 6 heteroatoms. The number of hydrogen-bond acceptors (Lipinski definition) is 5. The van der Waals surface area contributed by atoms with Gasteiger partial charge in [0.05, 0.1) is 0 Å². The summed E-state index contributed by atoms with van der Waals surface area (Å²) in [7, 11) is 0. The lowest BCUT2D eigenvalue weighted by Gasteiger charge is -2.33. The maximum absolute atomic E-state index is 12.6.